The van der Waals surface area contributed by atoms with E-state index >= 15 is 0 Å². The summed E-state index contributed by atoms with van der Waals surface area (Å²) in [7, 11) is 0. The van der Waals surface area contributed by atoms with Crippen LogP contribution in [0.1, 0.15) is 13.8 Å². The van der Waals surface area contributed by atoms with Crippen LogP contribution in [0.2, 0.25) is 0 Å². The van der Waals surface area contributed by atoms with Gasteiger partial charge in [0.1, 0.15) is 6.04 Å². The molecule has 72 valence electrons. The number of halogens is 3. The summed E-state index contributed by atoms with van der Waals surface area (Å²) in [5.41, 5.74) is 5.05. The van der Waals surface area contributed by atoms with Crippen LogP contribution in [0.15, 0.2) is 0 Å². The van der Waals surface area contributed by atoms with Gasteiger partial charge < -0.3 is 11.1 Å². The second-order valence-corrected chi connectivity index (χ2v) is 2.56. The van der Waals surface area contributed by atoms with Crippen molar-refractivity contribution in [3.05, 3.63) is 0 Å². The monoisotopic (exact) mass is 184 g/mol. The maximum absolute atomic E-state index is 11.8. The largest absolute Gasteiger partial charge is 0.408 e. The molecular formula is C6H11F3N2O. The van der Waals surface area contributed by atoms with E-state index in [0.717, 1.165) is 6.92 Å². The van der Waals surface area contributed by atoms with Crippen molar-refractivity contribution in [3.8, 4) is 0 Å². The molecule has 0 aliphatic heterocycles. The van der Waals surface area contributed by atoms with Crippen molar-refractivity contribution in [2.24, 2.45) is 5.73 Å². The smallest absolute Gasteiger partial charge is 0.343 e. The van der Waals surface area contributed by atoms with Crippen LogP contribution < -0.4 is 11.1 Å². The minimum absolute atomic E-state index is 0.806. The number of amides is 1. The maximum Gasteiger partial charge on any atom is 0.408 e. The third-order valence-corrected chi connectivity index (χ3v) is 1.26. The molecule has 0 aliphatic carbocycles. The Bertz CT molecular complexity index is 167. The SMILES string of the molecule is CC(N)C(=O)NC(C)C(F)(F)F. The Morgan fingerprint density at radius 1 is 1.42 bits per heavy atom. The predicted octanol–water partition coefficient (Wildman–Crippen LogP) is 0.401. The highest BCUT2D eigenvalue weighted by Gasteiger charge is 2.37. The van der Waals surface area contributed by atoms with Crippen molar-refractivity contribution in [3.63, 3.8) is 0 Å². The van der Waals surface area contributed by atoms with Gasteiger partial charge in [-0.3, -0.25) is 4.79 Å². The van der Waals surface area contributed by atoms with Crippen LogP contribution in [0, 0.1) is 0 Å². The highest BCUT2D eigenvalue weighted by atomic mass is 19.4. The highest BCUT2D eigenvalue weighted by Crippen LogP contribution is 2.19. The first-order valence-electron chi connectivity index (χ1n) is 3.38. The second-order valence-electron chi connectivity index (χ2n) is 2.56. The molecule has 2 unspecified atom stereocenters. The molecule has 6 heteroatoms. The molecule has 0 heterocycles. The van der Waals surface area contributed by atoms with Crippen molar-refractivity contribution in [1.82, 2.24) is 5.32 Å². The Balaban J connectivity index is 4.02. The molecule has 0 spiro atoms. The third kappa shape index (κ3) is 3.56. The lowest BCUT2D eigenvalue weighted by atomic mass is 10.3. The van der Waals surface area contributed by atoms with Gasteiger partial charge in [-0.1, -0.05) is 0 Å². The maximum atomic E-state index is 11.8. The fraction of sp³-hybridized carbons (Fsp3) is 0.833. The summed E-state index contributed by atoms with van der Waals surface area (Å²) in [5.74, 6) is -0.806. The highest BCUT2D eigenvalue weighted by molar-refractivity contribution is 5.81. The van der Waals surface area contributed by atoms with E-state index in [1.807, 2.05) is 0 Å². The van der Waals surface area contributed by atoms with E-state index in [0.29, 0.717) is 0 Å². The van der Waals surface area contributed by atoms with Crippen LogP contribution in [0.3, 0.4) is 0 Å². The Morgan fingerprint density at radius 3 is 2.08 bits per heavy atom. The van der Waals surface area contributed by atoms with Gasteiger partial charge in [-0.05, 0) is 13.8 Å². The van der Waals surface area contributed by atoms with Gasteiger partial charge in [0.15, 0.2) is 0 Å². The number of hydrogen-bond donors (Lipinski definition) is 2. The van der Waals surface area contributed by atoms with E-state index in [9.17, 15) is 18.0 Å². The van der Waals surface area contributed by atoms with Crippen molar-refractivity contribution in [2.45, 2.75) is 32.1 Å². The Hall–Kier alpha value is -0.780. The van der Waals surface area contributed by atoms with Crippen LogP contribution >= 0.6 is 0 Å². The summed E-state index contributed by atoms with van der Waals surface area (Å²) in [5, 5.41) is 1.73. The summed E-state index contributed by atoms with van der Waals surface area (Å²) < 4.78 is 35.5. The van der Waals surface area contributed by atoms with E-state index < -0.39 is 24.2 Å². The Kier molecular flexibility index (Phi) is 3.51. The number of carbonyl (C=O) groups is 1. The lowest BCUT2D eigenvalue weighted by Crippen LogP contribution is -2.48. The van der Waals surface area contributed by atoms with Gasteiger partial charge in [0.2, 0.25) is 5.91 Å². The molecule has 3 N–H and O–H groups in total. The van der Waals surface area contributed by atoms with Gasteiger partial charge in [-0.15, -0.1) is 0 Å². The van der Waals surface area contributed by atoms with Crippen molar-refractivity contribution >= 4 is 5.91 Å². The summed E-state index contributed by atoms with van der Waals surface area (Å²) in [6.07, 6.45) is -4.41. The molecule has 0 radical (unpaired) electrons. The third-order valence-electron chi connectivity index (χ3n) is 1.26. The van der Waals surface area contributed by atoms with Crippen LogP contribution in [-0.4, -0.2) is 24.2 Å². The van der Waals surface area contributed by atoms with Gasteiger partial charge in [0, 0.05) is 0 Å². The van der Waals surface area contributed by atoms with E-state index in [-0.39, 0.29) is 0 Å². The fourth-order valence-electron chi connectivity index (χ4n) is 0.427. The molecule has 1 amide bonds. The van der Waals surface area contributed by atoms with E-state index in [2.05, 4.69) is 0 Å². The predicted molar refractivity (Wildman–Crippen MR) is 37.3 cm³/mol. The number of rotatable bonds is 2. The lowest BCUT2D eigenvalue weighted by Gasteiger charge is -2.18. The van der Waals surface area contributed by atoms with Crippen molar-refractivity contribution in [1.29, 1.82) is 0 Å². The molecular weight excluding hydrogens is 173 g/mol. The standard InChI is InChI=1S/C6H11F3N2O/c1-3(10)5(12)11-4(2)6(7,8)9/h3-4H,10H2,1-2H3,(H,11,12). The average Bonchev–Trinajstić information content (AvgIpc) is 1.85. The molecule has 0 aliphatic rings. The van der Waals surface area contributed by atoms with Gasteiger partial charge in [-0.2, -0.15) is 13.2 Å². The molecule has 0 aromatic carbocycles. The van der Waals surface area contributed by atoms with Gasteiger partial charge in [0.25, 0.3) is 0 Å². The van der Waals surface area contributed by atoms with Crippen LogP contribution in [0.25, 0.3) is 0 Å². The zero-order chi connectivity index (χ0) is 9.94. The van der Waals surface area contributed by atoms with E-state index in [1.54, 1.807) is 5.32 Å². The second kappa shape index (κ2) is 3.75. The number of nitrogens with one attached hydrogen (secondary N) is 1. The van der Waals surface area contributed by atoms with Crippen LogP contribution in [-0.2, 0) is 4.79 Å². The van der Waals surface area contributed by atoms with Crippen molar-refractivity contribution in [2.75, 3.05) is 0 Å². The Morgan fingerprint density at radius 2 is 1.83 bits per heavy atom. The van der Waals surface area contributed by atoms with Crippen LogP contribution in [0.5, 0.6) is 0 Å². The molecule has 0 aromatic heterocycles. The number of hydrogen-bond acceptors (Lipinski definition) is 2. The first-order chi connectivity index (χ1) is 5.25. The number of nitrogens with two attached hydrogens (primary N) is 1. The van der Waals surface area contributed by atoms with Crippen molar-refractivity contribution < 1.29 is 18.0 Å². The first kappa shape index (κ1) is 11.2. The van der Waals surface area contributed by atoms with E-state index in [4.69, 9.17) is 5.73 Å². The molecule has 12 heavy (non-hydrogen) atoms. The zero-order valence-electron chi connectivity index (χ0n) is 6.77. The summed E-state index contributed by atoms with van der Waals surface area (Å²) in [6, 6.07) is -2.77. The molecule has 0 fully saturated rings. The lowest BCUT2D eigenvalue weighted by molar-refractivity contribution is -0.158. The normalized spacial score (nSPS) is 16.8. The van der Waals surface area contributed by atoms with Gasteiger partial charge in [0.05, 0.1) is 6.04 Å². The zero-order valence-corrected chi connectivity index (χ0v) is 6.77. The summed E-state index contributed by atoms with van der Waals surface area (Å²) >= 11 is 0. The average molecular weight is 184 g/mol. The minimum Gasteiger partial charge on any atom is -0.343 e. The molecule has 2 atom stereocenters. The summed E-state index contributed by atoms with van der Waals surface area (Å²) in [6.45, 7) is 2.18. The van der Waals surface area contributed by atoms with E-state index in [1.165, 1.54) is 6.92 Å². The molecule has 0 saturated heterocycles. The molecule has 0 aromatic rings. The van der Waals surface area contributed by atoms with Gasteiger partial charge in [-0.25, -0.2) is 0 Å². The quantitative estimate of drug-likeness (QED) is 0.652. The molecule has 0 saturated carbocycles. The van der Waals surface area contributed by atoms with Gasteiger partial charge >= 0.3 is 6.18 Å². The minimum atomic E-state index is -4.41. The summed E-state index contributed by atoms with van der Waals surface area (Å²) in [4.78, 5) is 10.7. The molecule has 0 rings (SSSR count). The number of carbonyl (C=O) groups excluding carboxylic acids is 1. The first-order valence-corrected chi connectivity index (χ1v) is 3.38. The number of alkyl halides is 3. The van der Waals surface area contributed by atoms with Crippen LogP contribution in [0.4, 0.5) is 13.2 Å². The Labute approximate surface area is 68.1 Å². The molecule has 0 bridgehead atoms. The molecule has 3 nitrogen and oxygen atoms in total. The fourth-order valence-corrected chi connectivity index (χ4v) is 0.427. The topological polar surface area (TPSA) is 55.1 Å².